The number of methoxy groups -OCH3 is 2. The molecule has 24 heavy (non-hydrogen) atoms. The quantitative estimate of drug-likeness (QED) is 0.817. The molecule has 0 radical (unpaired) electrons. The van der Waals surface area contributed by atoms with Crippen LogP contribution in [0.5, 0.6) is 11.5 Å². The van der Waals surface area contributed by atoms with E-state index in [2.05, 4.69) is 26.2 Å². The summed E-state index contributed by atoms with van der Waals surface area (Å²) >= 11 is 3.48. The highest BCUT2D eigenvalue weighted by Crippen LogP contribution is 2.33. The average Bonchev–Trinajstić information content (AvgIpc) is 2.60. The number of nitrogens with zero attached hydrogens (tertiary/aromatic N) is 2. The number of hydrogen-bond acceptors (Lipinski definition) is 5. The lowest BCUT2D eigenvalue weighted by atomic mass is 10.2. The monoisotopic (exact) mass is 393 g/mol. The van der Waals surface area contributed by atoms with Crippen molar-refractivity contribution in [2.75, 3.05) is 33.2 Å². The first-order valence-corrected chi connectivity index (χ1v) is 8.07. The number of halogens is 1. The van der Waals surface area contributed by atoms with Gasteiger partial charge in [0, 0.05) is 37.0 Å². The van der Waals surface area contributed by atoms with Gasteiger partial charge in [-0.05, 0) is 29.8 Å². The molecule has 2 aromatic rings. The highest BCUT2D eigenvalue weighted by molar-refractivity contribution is 9.10. The van der Waals surface area contributed by atoms with Gasteiger partial charge in [0.1, 0.15) is 5.69 Å². The summed E-state index contributed by atoms with van der Waals surface area (Å²) in [6.07, 6.45) is 1.62. The van der Waals surface area contributed by atoms with E-state index >= 15 is 0 Å². The Morgan fingerprint density at radius 2 is 1.88 bits per heavy atom. The van der Waals surface area contributed by atoms with Gasteiger partial charge in [0.25, 0.3) is 5.91 Å². The first-order valence-electron chi connectivity index (χ1n) is 7.28. The third-order valence-electron chi connectivity index (χ3n) is 3.48. The molecule has 1 heterocycles. The van der Waals surface area contributed by atoms with Crippen LogP contribution in [0.3, 0.4) is 0 Å². The van der Waals surface area contributed by atoms with E-state index in [-0.39, 0.29) is 5.91 Å². The Balaban J connectivity index is 2.13. The maximum atomic E-state index is 12.3. The van der Waals surface area contributed by atoms with Crippen LogP contribution in [0, 0.1) is 0 Å². The maximum Gasteiger partial charge on any atom is 0.270 e. The van der Waals surface area contributed by atoms with Crippen LogP contribution >= 0.6 is 15.9 Å². The van der Waals surface area contributed by atoms with Crippen molar-refractivity contribution >= 4 is 27.5 Å². The zero-order chi connectivity index (χ0) is 17.7. The zero-order valence-corrected chi connectivity index (χ0v) is 15.7. The summed E-state index contributed by atoms with van der Waals surface area (Å²) in [6.45, 7) is 0.341. The molecule has 7 heteroatoms. The fourth-order valence-electron chi connectivity index (χ4n) is 2.12. The minimum atomic E-state index is -0.236. The fourth-order valence-corrected chi connectivity index (χ4v) is 2.58. The molecule has 0 bridgehead atoms. The van der Waals surface area contributed by atoms with Crippen molar-refractivity contribution in [1.29, 1.82) is 0 Å². The molecule has 1 aromatic carbocycles. The third kappa shape index (κ3) is 4.17. The Bertz CT molecular complexity index is 735. The molecule has 1 amide bonds. The van der Waals surface area contributed by atoms with Gasteiger partial charge in [0.15, 0.2) is 11.5 Å². The molecule has 0 fully saturated rings. The number of benzene rings is 1. The molecule has 0 unspecified atom stereocenters. The van der Waals surface area contributed by atoms with E-state index in [1.807, 2.05) is 37.2 Å². The number of carbonyl (C=O) groups is 1. The molecule has 0 aliphatic rings. The van der Waals surface area contributed by atoms with Crippen LogP contribution in [0.1, 0.15) is 16.1 Å². The molecule has 0 spiro atoms. The second kappa shape index (κ2) is 8.01. The van der Waals surface area contributed by atoms with Gasteiger partial charge in [-0.25, -0.2) is 0 Å². The molecular formula is C17H20BrN3O3. The highest BCUT2D eigenvalue weighted by Gasteiger charge is 2.12. The third-order valence-corrected chi connectivity index (χ3v) is 4.22. The summed E-state index contributed by atoms with van der Waals surface area (Å²) < 4.78 is 11.4. The minimum absolute atomic E-state index is 0.236. The topological polar surface area (TPSA) is 63.7 Å². The molecule has 0 saturated heterocycles. The van der Waals surface area contributed by atoms with Crippen LogP contribution in [0.15, 0.2) is 34.9 Å². The van der Waals surface area contributed by atoms with Crippen LogP contribution in [-0.4, -0.2) is 39.2 Å². The Hall–Kier alpha value is -2.28. The zero-order valence-electron chi connectivity index (χ0n) is 14.1. The SMILES string of the molecule is COc1cc(Br)c(CNC(=O)c2cc(N(C)C)ccn2)cc1OC. The molecule has 6 nitrogen and oxygen atoms in total. The summed E-state index contributed by atoms with van der Waals surface area (Å²) in [4.78, 5) is 18.4. The molecule has 0 atom stereocenters. The van der Waals surface area contributed by atoms with E-state index in [4.69, 9.17) is 9.47 Å². The fraction of sp³-hybridized carbons (Fsp3) is 0.294. The standard InChI is InChI=1S/C17H20BrN3O3/c1-21(2)12-5-6-19-14(8-12)17(22)20-10-11-7-15(23-3)16(24-4)9-13(11)18/h5-9H,10H2,1-4H3,(H,20,22). The maximum absolute atomic E-state index is 12.3. The van der Waals surface area contributed by atoms with Crippen molar-refractivity contribution in [1.82, 2.24) is 10.3 Å². The number of rotatable bonds is 6. The minimum Gasteiger partial charge on any atom is -0.493 e. The highest BCUT2D eigenvalue weighted by atomic mass is 79.9. The molecule has 0 aliphatic heterocycles. The predicted molar refractivity (Wildman–Crippen MR) is 97.0 cm³/mol. The van der Waals surface area contributed by atoms with E-state index in [0.717, 1.165) is 15.7 Å². The Labute approximate surface area is 149 Å². The Morgan fingerprint density at radius 1 is 1.21 bits per heavy atom. The second-order valence-corrected chi connectivity index (χ2v) is 6.13. The number of ether oxygens (including phenoxy) is 2. The van der Waals surface area contributed by atoms with Crippen molar-refractivity contribution in [2.45, 2.75) is 6.54 Å². The molecule has 0 saturated carbocycles. The number of anilines is 1. The van der Waals surface area contributed by atoms with Crippen LogP contribution in [0.2, 0.25) is 0 Å². The Morgan fingerprint density at radius 3 is 2.50 bits per heavy atom. The number of carbonyl (C=O) groups excluding carboxylic acids is 1. The predicted octanol–water partition coefficient (Wildman–Crippen LogP) is 2.86. The molecular weight excluding hydrogens is 374 g/mol. The average molecular weight is 394 g/mol. The lowest BCUT2D eigenvalue weighted by Crippen LogP contribution is -2.24. The van der Waals surface area contributed by atoms with Gasteiger partial charge in [-0.3, -0.25) is 9.78 Å². The van der Waals surface area contributed by atoms with Crippen molar-refractivity contribution < 1.29 is 14.3 Å². The number of hydrogen-bond donors (Lipinski definition) is 1. The second-order valence-electron chi connectivity index (χ2n) is 5.27. The van der Waals surface area contributed by atoms with Crippen LogP contribution in [0.4, 0.5) is 5.69 Å². The van der Waals surface area contributed by atoms with E-state index in [9.17, 15) is 4.79 Å². The first-order chi connectivity index (χ1) is 11.5. The van der Waals surface area contributed by atoms with Crippen LogP contribution < -0.4 is 19.7 Å². The summed E-state index contributed by atoms with van der Waals surface area (Å²) in [5, 5.41) is 2.86. The Kier molecular flexibility index (Phi) is 6.03. The van der Waals surface area contributed by atoms with E-state index in [0.29, 0.717) is 23.7 Å². The largest absolute Gasteiger partial charge is 0.493 e. The molecule has 128 valence electrons. The smallest absolute Gasteiger partial charge is 0.270 e. The van der Waals surface area contributed by atoms with Crippen LogP contribution in [-0.2, 0) is 6.54 Å². The van der Waals surface area contributed by atoms with Gasteiger partial charge >= 0.3 is 0 Å². The van der Waals surface area contributed by atoms with E-state index < -0.39 is 0 Å². The summed E-state index contributed by atoms with van der Waals surface area (Å²) in [5.74, 6) is 0.998. The van der Waals surface area contributed by atoms with Gasteiger partial charge in [-0.1, -0.05) is 15.9 Å². The lowest BCUT2D eigenvalue weighted by molar-refractivity contribution is 0.0946. The number of amides is 1. The number of aromatic nitrogens is 1. The molecule has 1 aromatic heterocycles. The van der Waals surface area contributed by atoms with Gasteiger partial charge in [-0.15, -0.1) is 0 Å². The summed E-state index contributed by atoms with van der Waals surface area (Å²) in [7, 11) is 6.98. The van der Waals surface area contributed by atoms with E-state index in [1.165, 1.54) is 0 Å². The number of pyridine rings is 1. The van der Waals surface area contributed by atoms with Crippen molar-refractivity contribution in [3.8, 4) is 11.5 Å². The summed E-state index contributed by atoms with van der Waals surface area (Å²) in [5.41, 5.74) is 2.17. The molecule has 0 aliphatic carbocycles. The molecule has 2 rings (SSSR count). The molecule has 1 N–H and O–H groups in total. The van der Waals surface area contributed by atoms with Gasteiger partial charge in [0.2, 0.25) is 0 Å². The van der Waals surface area contributed by atoms with Crippen molar-refractivity contribution in [3.05, 3.63) is 46.2 Å². The lowest BCUT2D eigenvalue weighted by Gasteiger charge is -2.14. The van der Waals surface area contributed by atoms with Gasteiger partial charge < -0.3 is 19.7 Å². The van der Waals surface area contributed by atoms with Crippen LogP contribution in [0.25, 0.3) is 0 Å². The summed E-state index contributed by atoms with van der Waals surface area (Å²) in [6, 6.07) is 7.23. The number of nitrogens with one attached hydrogen (secondary N) is 1. The van der Waals surface area contributed by atoms with Crippen molar-refractivity contribution in [2.24, 2.45) is 0 Å². The van der Waals surface area contributed by atoms with Gasteiger partial charge in [0.05, 0.1) is 14.2 Å². The van der Waals surface area contributed by atoms with Crippen molar-refractivity contribution in [3.63, 3.8) is 0 Å². The normalized spacial score (nSPS) is 10.2. The first kappa shape index (κ1) is 18.1. The van der Waals surface area contributed by atoms with E-state index in [1.54, 1.807) is 26.5 Å². The van der Waals surface area contributed by atoms with Gasteiger partial charge in [-0.2, -0.15) is 0 Å².